The highest BCUT2D eigenvalue weighted by molar-refractivity contribution is 5.76. The molecule has 2 rings (SSSR count). The lowest BCUT2D eigenvalue weighted by molar-refractivity contribution is -0.131. The number of rotatable bonds is 4. The number of carbonyl (C=O) groups excluding carboxylic acids is 1. The predicted octanol–water partition coefficient (Wildman–Crippen LogP) is 2.58. The average molecular weight is 278 g/mol. The summed E-state index contributed by atoms with van der Waals surface area (Å²) in [6, 6.07) is 1.90. The van der Waals surface area contributed by atoms with Gasteiger partial charge in [-0.2, -0.15) is 0 Å². The maximum absolute atomic E-state index is 12.3. The van der Waals surface area contributed by atoms with Crippen molar-refractivity contribution in [2.75, 3.05) is 13.1 Å². The Kier molecular flexibility index (Phi) is 5.24. The minimum Gasteiger partial charge on any atom is -0.388 e. The highest BCUT2D eigenvalue weighted by Gasteiger charge is 2.17. The minimum absolute atomic E-state index is 0.187. The summed E-state index contributed by atoms with van der Waals surface area (Å²) in [5, 5.41) is 10.0. The van der Waals surface area contributed by atoms with E-state index in [0.717, 1.165) is 31.5 Å². The topological polar surface area (TPSA) is 45.5 Å². The summed E-state index contributed by atoms with van der Waals surface area (Å²) in [5.41, 5.74) is 0.892. The molecule has 112 valence electrons. The van der Waals surface area contributed by atoms with Crippen molar-refractivity contribution in [2.45, 2.75) is 52.2 Å². The zero-order valence-corrected chi connectivity index (χ0v) is 12.6. The SMILES string of the molecule is CC(C)C(O)c1ccn(CC(=O)N2CCCCCC2)c1. The number of aliphatic hydroxyl groups excluding tert-OH is 1. The summed E-state index contributed by atoms with van der Waals surface area (Å²) in [7, 11) is 0. The second-order valence-electron chi connectivity index (χ2n) is 6.10. The van der Waals surface area contributed by atoms with Crippen LogP contribution in [0.1, 0.15) is 51.2 Å². The van der Waals surface area contributed by atoms with Crippen LogP contribution in [0, 0.1) is 5.92 Å². The molecule has 1 amide bonds. The van der Waals surface area contributed by atoms with Gasteiger partial charge in [0.05, 0.1) is 6.10 Å². The van der Waals surface area contributed by atoms with Crippen LogP contribution in [-0.4, -0.2) is 33.6 Å². The molecular formula is C16H26N2O2. The van der Waals surface area contributed by atoms with E-state index in [1.54, 1.807) is 0 Å². The van der Waals surface area contributed by atoms with E-state index in [4.69, 9.17) is 0 Å². The second-order valence-corrected chi connectivity index (χ2v) is 6.10. The molecule has 1 atom stereocenters. The van der Waals surface area contributed by atoms with Gasteiger partial charge in [0, 0.05) is 25.5 Å². The quantitative estimate of drug-likeness (QED) is 0.920. The van der Waals surface area contributed by atoms with Crippen molar-refractivity contribution >= 4 is 5.91 Å². The number of likely N-dealkylation sites (tertiary alicyclic amines) is 1. The average Bonchev–Trinajstić information content (AvgIpc) is 2.71. The van der Waals surface area contributed by atoms with Crippen molar-refractivity contribution in [1.82, 2.24) is 9.47 Å². The number of carbonyl (C=O) groups is 1. The molecule has 0 aromatic carbocycles. The highest BCUT2D eigenvalue weighted by Crippen LogP contribution is 2.21. The van der Waals surface area contributed by atoms with Crippen LogP contribution >= 0.6 is 0 Å². The van der Waals surface area contributed by atoms with Gasteiger partial charge in [0.25, 0.3) is 0 Å². The third-order valence-electron chi connectivity index (χ3n) is 4.02. The number of aliphatic hydroxyl groups is 1. The van der Waals surface area contributed by atoms with Gasteiger partial charge < -0.3 is 14.6 Å². The first-order chi connectivity index (χ1) is 9.58. The largest absolute Gasteiger partial charge is 0.388 e. The summed E-state index contributed by atoms with van der Waals surface area (Å²) in [4.78, 5) is 14.3. The van der Waals surface area contributed by atoms with E-state index in [-0.39, 0.29) is 11.8 Å². The van der Waals surface area contributed by atoms with Crippen molar-refractivity contribution in [2.24, 2.45) is 5.92 Å². The molecule has 1 aliphatic rings. The number of nitrogens with zero attached hydrogens (tertiary/aromatic N) is 2. The lowest BCUT2D eigenvalue weighted by atomic mass is 10.0. The lowest BCUT2D eigenvalue weighted by Gasteiger charge is -2.20. The van der Waals surface area contributed by atoms with Crippen LogP contribution in [0.2, 0.25) is 0 Å². The van der Waals surface area contributed by atoms with Crippen LogP contribution < -0.4 is 0 Å². The number of hydrogen-bond donors (Lipinski definition) is 1. The Hall–Kier alpha value is -1.29. The fraction of sp³-hybridized carbons (Fsp3) is 0.688. The third-order valence-corrected chi connectivity index (χ3v) is 4.02. The van der Waals surface area contributed by atoms with Crippen molar-refractivity contribution in [3.63, 3.8) is 0 Å². The molecule has 0 bridgehead atoms. The van der Waals surface area contributed by atoms with Gasteiger partial charge in [0.1, 0.15) is 6.54 Å². The zero-order chi connectivity index (χ0) is 14.5. The van der Waals surface area contributed by atoms with E-state index in [1.807, 2.05) is 41.8 Å². The molecule has 1 N–H and O–H groups in total. The fourth-order valence-corrected chi connectivity index (χ4v) is 2.69. The molecule has 0 saturated carbocycles. The zero-order valence-electron chi connectivity index (χ0n) is 12.6. The Morgan fingerprint density at radius 2 is 1.90 bits per heavy atom. The summed E-state index contributed by atoms with van der Waals surface area (Å²) in [6.45, 7) is 6.14. The van der Waals surface area contributed by atoms with Crippen LogP contribution in [0.25, 0.3) is 0 Å². The van der Waals surface area contributed by atoms with Crippen molar-refractivity contribution in [1.29, 1.82) is 0 Å². The summed E-state index contributed by atoms with van der Waals surface area (Å²) in [5.74, 6) is 0.375. The molecule has 0 radical (unpaired) electrons. The number of amides is 1. The Morgan fingerprint density at radius 1 is 1.25 bits per heavy atom. The molecule has 1 saturated heterocycles. The maximum atomic E-state index is 12.3. The number of hydrogen-bond acceptors (Lipinski definition) is 2. The Bertz CT molecular complexity index is 431. The molecule has 2 heterocycles. The summed E-state index contributed by atoms with van der Waals surface area (Å²) < 4.78 is 1.88. The maximum Gasteiger partial charge on any atom is 0.242 e. The van der Waals surface area contributed by atoms with Crippen molar-refractivity contribution < 1.29 is 9.90 Å². The van der Waals surface area contributed by atoms with Crippen LogP contribution in [0.5, 0.6) is 0 Å². The Morgan fingerprint density at radius 3 is 2.50 bits per heavy atom. The van der Waals surface area contributed by atoms with E-state index < -0.39 is 6.10 Å². The van der Waals surface area contributed by atoms with Crippen LogP contribution in [0.15, 0.2) is 18.5 Å². The van der Waals surface area contributed by atoms with Gasteiger partial charge in [-0.3, -0.25) is 4.79 Å². The fourth-order valence-electron chi connectivity index (χ4n) is 2.69. The molecular weight excluding hydrogens is 252 g/mol. The standard InChI is InChI=1S/C16H26N2O2/c1-13(2)16(20)14-7-10-17(11-14)12-15(19)18-8-5-3-4-6-9-18/h7,10-11,13,16,20H,3-6,8-9,12H2,1-2H3. The first-order valence-corrected chi connectivity index (χ1v) is 7.69. The Labute approximate surface area is 121 Å². The molecule has 1 aromatic rings. The smallest absolute Gasteiger partial charge is 0.242 e. The molecule has 1 fully saturated rings. The molecule has 1 aliphatic heterocycles. The predicted molar refractivity (Wildman–Crippen MR) is 79.3 cm³/mol. The molecule has 0 aliphatic carbocycles. The highest BCUT2D eigenvalue weighted by atomic mass is 16.3. The summed E-state index contributed by atoms with van der Waals surface area (Å²) in [6.07, 6.45) is 8.03. The van der Waals surface area contributed by atoms with Gasteiger partial charge in [-0.15, -0.1) is 0 Å². The lowest BCUT2D eigenvalue weighted by Crippen LogP contribution is -2.34. The van der Waals surface area contributed by atoms with E-state index in [0.29, 0.717) is 6.54 Å². The van der Waals surface area contributed by atoms with Gasteiger partial charge in [0.2, 0.25) is 5.91 Å². The van der Waals surface area contributed by atoms with Crippen LogP contribution in [-0.2, 0) is 11.3 Å². The summed E-state index contributed by atoms with van der Waals surface area (Å²) >= 11 is 0. The molecule has 20 heavy (non-hydrogen) atoms. The molecule has 1 aromatic heterocycles. The van der Waals surface area contributed by atoms with Gasteiger partial charge in [-0.1, -0.05) is 26.7 Å². The third kappa shape index (κ3) is 3.85. The van der Waals surface area contributed by atoms with Gasteiger partial charge in [-0.05, 0) is 30.4 Å². The monoisotopic (exact) mass is 278 g/mol. The minimum atomic E-state index is -0.454. The first-order valence-electron chi connectivity index (χ1n) is 7.69. The van der Waals surface area contributed by atoms with Crippen LogP contribution in [0.4, 0.5) is 0 Å². The van der Waals surface area contributed by atoms with Gasteiger partial charge in [0.15, 0.2) is 0 Å². The van der Waals surface area contributed by atoms with Crippen molar-refractivity contribution in [3.8, 4) is 0 Å². The van der Waals surface area contributed by atoms with Crippen molar-refractivity contribution in [3.05, 3.63) is 24.0 Å². The second kappa shape index (κ2) is 6.93. The number of aromatic nitrogens is 1. The Balaban J connectivity index is 1.94. The van der Waals surface area contributed by atoms with E-state index in [2.05, 4.69) is 0 Å². The van der Waals surface area contributed by atoms with E-state index in [1.165, 1.54) is 12.8 Å². The molecule has 0 spiro atoms. The van der Waals surface area contributed by atoms with Gasteiger partial charge in [-0.25, -0.2) is 0 Å². The van der Waals surface area contributed by atoms with Crippen LogP contribution in [0.3, 0.4) is 0 Å². The van der Waals surface area contributed by atoms with E-state index >= 15 is 0 Å². The molecule has 4 nitrogen and oxygen atoms in total. The normalized spacial score (nSPS) is 18.1. The van der Waals surface area contributed by atoms with Gasteiger partial charge >= 0.3 is 0 Å². The first kappa shape index (κ1) is 15.1. The molecule has 1 unspecified atom stereocenters. The molecule has 4 heteroatoms. The van der Waals surface area contributed by atoms with E-state index in [9.17, 15) is 9.90 Å².